The highest BCUT2D eigenvalue weighted by Crippen LogP contribution is 2.24. The van der Waals surface area contributed by atoms with Crippen molar-refractivity contribution >= 4 is 22.1 Å². The molecule has 2 unspecified atom stereocenters. The van der Waals surface area contributed by atoms with Gasteiger partial charge in [-0.1, -0.05) is 135 Å². The fourth-order valence-corrected chi connectivity index (χ4v) is 7.01. The van der Waals surface area contributed by atoms with Gasteiger partial charge in [0.1, 0.15) is 36.8 Å². The van der Waals surface area contributed by atoms with Crippen LogP contribution < -0.4 is 0 Å². The quantitative estimate of drug-likeness (QED) is 0.0219. The van der Waals surface area contributed by atoms with Crippen LogP contribution in [0.3, 0.4) is 0 Å². The Morgan fingerprint density at radius 3 is 1.58 bits per heavy atom. The maximum Gasteiger partial charge on any atom is 0.306 e. The monoisotopic (exact) mass is 778 g/mol. The van der Waals surface area contributed by atoms with E-state index < -0.39 is 71.2 Å². The number of unbranched alkanes of at least 4 members (excludes halogenated alkanes) is 20. The van der Waals surface area contributed by atoms with Crippen LogP contribution in [0.5, 0.6) is 0 Å². The lowest BCUT2D eigenvalue weighted by atomic mass is 10.00. The van der Waals surface area contributed by atoms with Crippen LogP contribution in [0.4, 0.5) is 0 Å². The number of ether oxygens (including phenoxy) is 4. The van der Waals surface area contributed by atoms with Crippen LogP contribution in [0.2, 0.25) is 0 Å². The molecule has 0 aliphatic carbocycles. The van der Waals surface area contributed by atoms with Crippen LogP contribution in [0.15, 0.2) is 12.2 Å². The number of hydrogen-bond donors (Lipinski definition) is 4. The summed E-state index contributed by atoms with van der Waals surface area (Å²) in [5, 5.41) is 30.7. The maximum atomic E-state index is 12.7. The number of aliphatic hydroxyl groups excluding tert-OH is 3. The second kappa shape index (κ2) is 31.6. The summed E-state index contributed by atoms with van der Waals surface area (Å²) in [6.45, 7) is 3.69. The Labute approximate surface area is 320 Å². The summed E-state index contributed by atoms with van der Waals surface area (Å²) in [4.78, 5) is 25.2. The molecular formula is C40H74O12S. The van der Waals surface area contributed by atoms with E-state index >= 15 is 0 Å². The highest BCUT2D eigenvalue weighted by atomic mass is 32.2. The number of allylic oxidation sites excluding steroid dienone is 2. The number of hydrogen-bond acceptors (Lipinski definition) is 11. The fourth-order valence-electron chi connectivity index (χ4n) is 6.32. The molecule has 4 N–H and O–H groups in total. The third-order valence-corrected chi connectivity index (χ3v) is 10.3. The largest absolute Gasteiger partial charge is 0.462 e. The summed E-state index contributed by atoms with van der Waals surface area (Å²) < 4.78 is 53.8. The van der Waals surface area contributed by atoms with Crippen LogP contribution in [0.1, 0.15) is 174 Å². The summed E-state index contributed by atoms with van der Waals surface area (Å²) >= 11 is 0. The van der Waals surface area contributed by atoms with E-state index in [1.807, 2.05) is 0 Å². The minimum absolute atomic E-state index is 0.167. The Hall–Kier alpha value is -1.61. The molecule has 0 aromatic heterocycles. The first-order chi connectivity index (χ1) is 25.5. The van der Waals surface area contributed by atoms with E-state index in [0.29, 0.717) is 12.8 Å². The summed E-state index contributed by atoms with van der Waals surface area (Å²) in [6.07, 6.45) is 21.4. The summed E-state index contributed by atoms with van der Waals surface area (Å²) in [5.74, 6) is -1.98. The number of rotatable bonds is 34. The van der Waals surface area contributed by atoms with Crippen LogP contribution in [0, 0.1) is 0 Å². The molecule has 0 saturated carbocycles. The van der Waals surface area contributed by atoms with Crippen molar-refractivity contribution in [2.75, 3.05) is 19.0 Å². The summed E-state index contributed by atoms with van der Waals surface area (Å²) in [7, 11) is -4.59. The van der Waals surface area contributed by atoms with Crippen molar-refractivity contribution in [3.05, 3.63) is 12.2 Å². The van der Waals surface area contributed by atoms with Crippen molar-refractivity contribution in [1.29, 1.82) is 0 Å². The number of esters is 2. The lowest BCUT2D eigenvalue weighted by molar-refractivity contribution is -0.297. The first-order valence-corrected chi connectivity index (χ1v) is 22.4. The molecule has 0 aromatic carbocycles. The zero-order chi connectivity index (χ0) is 39.2. The Morgan fingerprint density at radius 1 is 0.623 bits per heavy atom. The molecule has 1 fully saturated rings. The van der Waals surface area contributed by atoms with Crippen molar-refractivity contribution in [2.24, 2.45) is 0 Å². The minimum atomic E-state index is -4.59. The van der Waals surface area contributed by atoms with Crippen molar-refractivity contribution in [3.8, 4) is 0 Å². The van der Waals surface area contributed by atoms with Gasteiger partial charge in [-0.3, -0.25) is 14.1 Å². The molecular weight excluding hydrogens is 704 g/mol. The van der Waals surface area contributed by atoms with Gasteiger partial charge < -0.3 is 34.3 Å². The molecule has 0 aromatic rings. The van der Waals surface area contributed by atoms with E-state index in [1.165, 1.54) is 96.3 Å². The summed E-state index contributed by atoms with van der Waals surface area (Å²) in [6, 6.07) is 0. The number of carbonyl (C=O) groups is 2. The molecule has 13 heteroatoms. The lowest BCUT2D eigenvalue weighted by Crippen LogP contribution is -2.60. The van der Waals surface area contributed by atoms with E-state index in [1.54, 1.807) is 0 Å². The number of carbonyl (C=O) groups excluding carboxylic acids is 2. The van der Waals surface area contributed by atoms with Crippen LogP contribution in [-0.2, 0) is 38.7 Å². The van der Waals surface area contributed by atoms with E-state index in [-0.39, 0.29) is 19.4 Å². The lowest BCUT2D eigenvalue weighted by Gasteiger charge is -2.40. The predicted molar refractivity (Wildman–Crippen MR) is 206 cm³/mol. The van der Waals surface area contributed by atoms with Gasteiger partial charge >= 0.3 is 11.9 Å². The molecule has 1 heterocycles. The average Bonchev–Trinajstić information content (AvgIpc) is 3.12. The highest BCUT2D eigenvalue weighted by molar-refractivity contribution is 7.85. The topological polar surface area (TPSA) is 186 Å². The van der Waals surface area contributed by atoms with Gasteiger partial charge in [-0.2, -0.15) is 8.42 Å². The fraction of sp³-hybridized carbons (Fsp3) is 0.900. The van der Waals surface area contributed by atoms with Crippen LogP contribution >= 0.6 is 0 Å². The normalized spacial score (nSPS) is 21.2. The standard InChI is InChI=1S/C40H74O12S/c1-3-5-7-9-11-13-14-15-16-17-18-19-20-21-23-24-26-28-35(41)49-30-33(51-36(42)29-27-25-22-12-10-8-6-4-2)31-50-40-39(45)38(44)37(43)34(52-40)32-53(46,47)48/h13-14,33-34,37-40,43-45H,3-12,15-32H2,1-2H3,(H,46,47,48)/b14-13+/t33-,34-,37-,38?,39?,40+/m1/s1. The van der Waals surface area contributed by atoms with E-state index in [9.17, 15) is 37.9 Å². The van der Waals surface area contributed by atoms with Crippen molar-refractivity contribution in [1.82, 2.24) is 0 Å². The Kier molecular flexibility index (Phi) is 29.4. The second-order valence-corrected chi connectivity index (χ2v) is 16.2. The molecule has 0 spiro atoms. The van der Waals surface area contributed by atoms with Gasteiger partial charge in [0.15, 0.2) is 12.4 Å². The van der Waals surface area contributed by atoms with Gasteiger partial charge in [0.25, 0.3) is 10.1 Å². The van der Waals surface area contributed by atoms with Crippen molar-refractivity contribution in [2.45, 2.75) is 211 Å². The second-order valence-electron chi connectivity index (χ2n) is 14.7. The number of aliphatic hydroxyl groups is 3. The van der Waals surface area contributed by atoms with Crippen LogP contribution in [0.25, 0.3) is 0 Å². The molecule has 0 bridgehead atoms. The Balaban J connectivity index is 2.42. The third-order valence-electron chi connectivity index (χ3n) is 9.60. The Bertz CT molecular complexity index is 1050. The van der Waals surface area contributed by atoms with E-state index in [4.69, 9.17) is 18.9 Å². The van der Waals surface area contributed by atoms with Crippen molar-refractivity contribution in [3.63, 3.8) is 0 Å². The van der Waals surface area contributed by atoms with Gasteiger partial charge in [0.05, 0.1) is 6.61 Å². The molecule has 312 valence electrons. The molecule has 12 nitrogen and oxygen atoms in total. The zero-order valence-electron chi connectivity index (χ0n) is 32.9. The molecule has 1 saturated heterocycles. The molecule has 1 rings (SSSR count). The van der Waals surface area contributed by atoms with Gasteiger partial charge in [-0.25, -0.2) is 0 Å². The minimum Gasteiger partial charge on any atom is -0.462 e. The maximum absolute atomic E-state index is 12.7. The smallest absolute Gasteiger partial charge is 0.306 e. The third kappa shape index (κ3) is 26.8. The molecule has 1 aliphatic rings. The first-order valence-electron chi connectivity index (χ1n) is 20.7. The average molecular weight is 779 g/mol. The molecule has 6 atom stereocenters. The molecule has 0 amide bonds. The SMILES string of the molecule is CCCCCC/C=C/CCCCCCCCCCCC(=O)OC[C@H](CO[C@H]1O[C@H](CS(=O)(=O)O)[C@@H](O)C(O)C1O)OC(=O)CCCCCCCCCC. The first kappa shape index (κ1) is 49.4. The summed E-state index contributed by atoms with van der Waals surface area (Å²) in [5.41, 5.74) is 0. The van der Waals surface area contributed by atoms with E-state index in [0.717, 1.165) is 38.5 Å². The highest BCUT2D eigenvalue weighted by Gasteiger charge is 2.46. The van der Waals surface area contributed by atoms with Gasteiger partial charge in [-0.15, -0.1) is 0 Å². The van der Waals surface area contributed by atoms with E-state index in [2.05, 4.69) is 26.0 Å². The predicted octanol–water partition coefficient (Wildman–Crippen LogP) is 7.50. The van der Waals surface area contributed by atoms with Crippen molar-refractivity contribution < 1.29 is 56.8 Å². The van der Waals surface area contributed by atoms with Gasteiger partial charge in [0, 0.05) is 12.8 Å². The van der Waals surface area contributed by atoms with Gasteiger partial charge in [0.2, 0.25) is 0 Å². The molecule has 1 aliphatic heterocycles. The molecule has 53 heavy (non-hydrogen) atoms. The van der Waals surface area contributed by atoms with Crippen LogP contribution in [-0.4, -0.2) is 96.0 Å². The Morgan fingerprint density at radius 2 is 1.08 bits per heavy atom. The zero-order valence-corrected chi connectivity index (χ0v) is 33.7. The van der Waals surface area contributed by atoms with Gasteiger partial charge in [-0.05, 0) is 38.5 Å². The molecule has 0 radical (unpaired) electrons.